The lowest BCUT2D eigenvalue weighted by Crippen LogP contribution is -2.05. The predicted octanol–water partition coefficient (Wildman–Crippen LogP) is 5.05. The molecule has 2 aromatic rings. The Kier molecular flexibility index (Phi) is 6.27. The Morgan fingerprint density at radius 2 is 1.62 bits per heavy atom. The average molecular weight is 349 g/mol. The Morgan fingerprint density at radius 3 is 2.38 bits per heavy atom. The van der Waals surface area contributed by atoms with Gasteiger partial charge in [-0.25, -0.2) is 0 Å². The Labute approximate surface area is 135 Å². The first kappa shape index (κ1) is 16.1. The molecule has 2 aromatic carbocycles. The van der Waals surface area contributed by atoms with E-state index in [9.17, 15) is 0 Å². The summed E-state index contributed by atoms with van der Waals surface area (Å²) in [4.78, 5) is 0. The van der Waals surface area contributed by atoms with Crippen LogP contribution in [0, 0.1) is 13.8 Å². The van der Waals surface area contributed by atoms with Crippen molar-refractivity contribution < 1.29 is 9.47 Å². The highest BCUT2D eigenvalue weighted by atomic mass is 79.9. The Bertz CT molecular complexity index is 567. The number of rotatable bonds is 7. The Morgan fingerprint density at radius 1 is 0.905 bits per heavy atom. The molecule has 0 aromatic heterocycles. The first-order valence-electron chi connectivity index (χ1n) is 7.18. The molecule has 0 N–H and O–H groups in total. The van der Waals surface area contributed by atoms with E-state index in [4.69, 9.17) is 9.47 Å². The minimum Gasteiger partial charge on any atom is -0.492 e. The molecule has 0 fully saturated rings. The van der Waals surface area contributed by atoms with Crippen molar-refractivity contribution in [2.45, 2.75) is 26.9 Å². The molecule has 0 aliphatic heterocycles. The summed E-state index contributed by atoms with van der Waals surface area (Å²) < 4.78 is 12.6. The summed E-state index contributed by atoms with van der Waals surface area (Å²) in [6, 6.07) is 14.4. The lowest BCUT2D eigenvalue weighted by Gasteiger charge is -2.13. The maximum absolute atomic E-state index is 5.87. The van der Waals surface area contributed by atoms with E-state index in [1.165, 1.54) is 11.1 Å². The third-order valence-corrected chi connectivity index (χ3v) is 4.26. The van der Waals surface area contributed by atoms with Crippen molar-refractivity contribution in [2.24, 2.45) is 0 Å². The van der Waals surface area contributed by atoms with Crippen molar-refractivity contribution in [1.82, 2.24) is 0 Å². The van der Waals surface area contributed by atoms with Crippen molar-refractivity contribution in [1.29, 1.82) is 0 Å². The third-order valence-electron chi connectivity index (χ3n) is 3.28. The molecule has 2 nitrogen and oxygen atoms in total. The number of aryl methyl sites for hydroxylation is 2. The number of hydrogen-bond acceptors (Lipinski definition) is 2. The number of benzene rings is 2. The van der Waals surface area contributed by atoms with E-state index in [1.807, 2.05) is 18.2 Å². The van der Waals surface area contributed by atoms with Crippen LogP contribution < -0.4 is 4.74 Å². The van der Waals surface area contributed by atoms with E-state index in [-0.39, 0.29) is 0 Å². The van der Waals surface area contributed by atoms with Gasteiger partial charge in [-0.3, -0.25) is 0 Å². The largest absolute Gasteiger partial charge is 0.492 e. The molecular formula is C18H21BrO2. The number of halogens is 1. The molecule has 0 spiro atoms. The third kappa shape index (κ3) is 4.87. The monoisotopic (exact) mass is 348 g/mol. The van der Waals surface area contributed by atoms with Gasteiger partial charge < -0.3 is 9.47 Å². The van der Waals surface area contributed by atoms with E-state index in [0.29, 0.717) is 19.8 Å². The predicted molar refractivity (Wildman–Crippen MR) is 89.8 cm³/mol. The van der Waals surface area contributed by atoms with Gasteiger partial charge in [-0.05, 0) is 46.5 Å². The van der Waals surface area contributed by atoms with E-state index in [1.54, 1.807) is 0 Å². The van der Waals surface area contributed by atoms with Gasteiger partial charge in [-0.2, -0.15) is 0 Å². The summed E-state index contributed by atoms with van der Waals surface area (Å²) in [5.41, 5.74) is 3.55. The van der Waals surface area contributed by atoms with Gasteiger partial charge in [0.1, 0.15) is 5.75 Å². The topological polar surface area (TPSA) is 18.5 Å². The van der Waals surface area contributed by atoms with Crippen LogP contribution in [-0.4, -0.2) is 13.2 Å². The molecule has 0 amide bonds. The van der Waals surface area contributed by atoms with Gasteiger partial charge >= 0.3 is 0 Å². The van der Waals surface area contributed by atoms with Gasteiger partial charge in [-0.15, -0.1) is 0 Å². The second-order valence-corrected chi connectivity index (χ2v) is 5.88. The van der Waals surface area contributed by atoms with E-state index >= 15 is 0 Å². The van der Waals surface area contributed by atoms with Gasteiger partial charge in [0.05, 0.1) is 24.3 Å². The average Bonchev–Trinajstić information content (AvgIpc) is 2.51. The van der Waals surface area contributed by atoms with E-state index < -0.39 is 0 Å². The summed E-state index contributed by atoms with van der Waals surface area (Å²) >= 11 is 3.59. The number of hydrogen-bond donors (Lipinski definition) is 0. The van der Waals surface area contributed by atoms with Crippen LogP contribution in [0.2, 0.25) is 0 Å². The highest BCUT2D eigenvalue weighted by Crippen LogP contribution is 2.31. The Hall–Kier alpha value is -1.32. The molecule has 3 heteroatoms. The molecule has 0 aliphatic carbocycles. The van der Waals surface area contributed by atoms with Crippen molar-refractivity contribution in [3.05, 3.63) is 63.6 Å². The fourth-order valence-corrected chi connectivity index (χ4v) is 2.59. The highest BCUT2D eigenvalue weighted by Gasteiger charge is 2.07. The molecule has 0 saturated heterocycles. The second kappa shape index (κ2) is 8.20. The smallest absolute Gasteiger partial charge is 0.136 e. The van der Waals surface area contributed by atoms with Crippen molar-refractivity contribution in [3.63, 3.8) is 0 Å². The van der Waals surface area contributed by atoms with Crippen molar-refractivity contribution in [3.8, 4) is 5.75 Å². The minimum atomic E-state index is 0.661. The first-order chi connectivity index (χ1) is 10.2. The fourth-order valence-electron chi connectivity index (χ4n) is 2.03. The van der Waals surface area contributed by atoms with Gasteiger partial charge in [0, 0.05) is 6.42 Å². The standard InChI is InChI=1S/C18H21BrO2/c1-14-9-10-15(2)18(17(14)19)21-12-6-11-20-13-16-7-4-3-5-8-16/h3-5,7-10H,6,11-13H2,1-2H3. The zero-order valence-electron chi connectivity index (χ0n) is 12.6. The van der Waals surface area contributed by atoms with Crippen LogP contribution in [0.4, 0.5) is 0 Å². The minimum absolute atomic E-state index is 0.661. The highest BCUT2D eigenvalue weighted by molar-refractivity contribution is 9.10. The van der Waals surface area contributed by atoms with Crippen LogP contribution >= 0.6 is 15.9 Å². The summed E-state index contributed by atoms with van der Waals surface area (Å²) in [7, 11) is 0. The van der Waals surface area contributed by atoms with E-state index in [0.717, 1.165) is 22.2 Å². The fraction of sp³-hybridized carbons (Fsp3) is 0.333. The molecule has 0 atom stereocenters. The zero-order valence-corrected chi connectivity index (χ0v) is 14.2. The Balaban J connectivity index is 1.70. The van der Waals surface area contributed by atoms with Gasteiger partial charge in [-0.1, -0.05) is 42.5 Å². The van der Waals surface area contributed by atoms with E-state index in [2.05, 4.69) is 54.0 Å². The zero-order chi connectivity index (χ0) is 15.1. The van der Waals surface area contributed by atoms with Crippen LogP contribution in [-0.2, 0) is 11.3 Å². The molecule has 2 rings (SSSR count). The van der Waals surface area contributed by atoms with Crippen LogP contribution in [0.5, 0.6) is 5.75 Å². The molecule has 0 saturated carbocycles. The summed E-state index contributed by atoms with van der Waals surface area (Å²) in [6.45, 7) is 6.16. The lowest BCUT2D eigenvalue weighted by molar-refractivity contribution is 0.107. The summed E-state index contributed by atoms with van der Waals surface area (Å²) in [6.07, 6.45) is 0.882. The quantitative estimate of drug-likeness (QED) is 0.651. The van der Waals surface area contributed by atoms with Crippen molar-refractivity contribution >= 4 is 15.9 Å². The summed E-state index contributed by atoms with van der Waals surface area (Å²) in [5, 5.41) is 0. The molecule has 0 bridgehead atoms. The van der Waals surface area contributed by atoms with Gasteiger partial charge in [0.25, 0.3) is 0 Å². The lowest BCUT2D eigenvalue weighted by atomic mass is 10.1. The van der Waals surface area contributed by atoms with Crippen LogP contribution in [0.1, 0.15) is 23.1 Å². The molecule has 0 aliphatic rings. The molecule has 0 unspecified atom stereocenters. The van der Waals surface area contributed by atoms with Crippen LogP contribution in [0.15, 0.2) is 46.9 Å². The molecular weight excluding hydrogens is 328 g/mol. The SMILES string of the molecule is Cc1ccc(C)c(OCCCOCc2ccccc2)c1Br. The maximum Gasteiger partial charge on any atom is 0.136 e. The molecule has 0 heterocycles. The molecule has 112 valence electrons. The normalized spacial score (nSPS) is 10.6. The van der Waals surface area contributed by atoms with Crippen LogP contribution in [0.25, 0.3) is 0 Å². The van der Waals surface area contributed by atoms with Crippen molar-refractivity contribution in [2.75, 3.05) is 13.2 Å². The summed E-state index contributed by atoms with van der Waals surface area (Å²) in [5.74, 6) is 0.943. The molecule has 0 radical (unpaired) electrons. The second-order valence-electron chi connectivity index (χ2n) is 5.08. The first-order valence-corrected chi connectivity index (χ1v) is 7.98. The van der Waals surface area contributed by atoms with Gasteiger partial charge in [0.2, 0.25) is 0 Å². The molecule has 21 heavy (non-hydrogen) atoms. The van der Waals surface area contributed by atoms with Gasteiger partial charge in [0.15, 0.2) is 0 Å². The maximum atomic E-state index is 5.87. The van der Waals surface area contributed by atoms with Crippen LogP contribution in [0.3, 0.4) is 0 Å². The number of ether oxygens (including phenoxy) is 2.